The van der Waals surface area contributed by atoms with E-state index in [2.05, 4.69) is 15.6 Å². The maximum Gasteiger partial charge on any atom is 0.257 e. The molecular weight excluding hydrogens is 498 g/mol. The highest BCUT2D eigenvalue weighted by Crippen LogP contribution is 2.23. The van der Waals surface area contributed by atoms with Gasteiger partial charge in [-0.1, -0.05) is 0 Å². The molecule has 1 aromatic heterocycles. The quantitative estimate of drug-likeness (QED) is 0.341. The summed E-state index contributed by atoms with van der Waals surface area (Å²) in [5, 5.41) is 16.4. The van der Waals surface area contributed by atoms with Crippen molar-refractivity contribution in [2.75, 3.05) is 31.5 Å². The van der Waals surface area contributed by atoms with Gasteiger partial charge in [-0.25, -0.2) is 4.99 Å². The van der Waals surface area contributed by atoms with Crippen molar-refractivity contribution in [1.29, 1.82) is 0 Å². The summed E-state index contributed by atoms with van der Waals surface area (Å²) in [5.41, 5.74) is 1.73. The molecule has 3 aromatic rings. The number of carbonyl (C=O) groups is 3. The molecule has 0 saturated carbocycles. The molecule has 10 heteroatoms. The van der Waals surface area contributed by atoms with Gasteiger partial charge < -0.3 is 24.6 Å². The number of aromatic hydroxyl groups is 1. The van der Waals surface area contributed by atoms with Crippen molar-refractivity contribution in [3.05, 3.63) is 59.9 Å². The fourth-order valence-electron chi connectivity index (χ4n) is 5.03. The molecule has 3 N–H and O–H groups in total. The fourth-order valence-corrected chi connectivity index (χ4v) is 5.03. The summed E-state index contributed by atoms with van der Waals surface area (Å²) >= 11 is 0. The Morgan fingerprint density at radius 3 is 2.54 bits per heavy atom. The third-order valence-electron chi connectivity index (χ3n) is 7.09. The van der Waals surface area contributed by atoms with E-state index in [-0.39, 0.29) is 30.1 Å². The first kappa shape index (κ1) is 26.3. The number of carbonyl (C=O) groups excluding carboxylic acids is 3. The molecule has 1 unspecified atom stereocenters. The molecule has 2 aromatic carbocycles. The number of hydrogen-bond acceptors (Lipinski definition) is 6. The van der Waals surface area contributed by atoms with Crippen LogP contribution in [0, 0.1) is 6.92 Å². The van der Waals surface area contributed by atoms with Crippen molar-refractivity contribution in [2.45, 2.75) is 45.1 Å². The number of phenolic OH excluding ortho intramolecular Hbond substituents is 1. The summed E-state index contributed by atoms with van der Waals surface area (Å²) in [7, 11) is 0. The van der Waals surface area contributed by atoms with E-state index < -0.39 is 11.9 Å². The molecule has 2 fully saturated rings. The number of phenols is 1. The second-order valence-corrected chi connectivity index (χ2v) is 10.1. The average Bonchev–Trinajstić information content (AvgIpc) is 3.55. The second kappa shape index (κ2) is 11.6. The van der Waals surface area contributed by atoms with Crippen LogP contribution in [0.4, 0.5) is 5.69 Å². The van der Waals surface area contributed by atoms with Crippen LogP contribution in [0.5, 0.6) is 5.75 Å². The van der Waals surface area contributed by atoms with E-state index in [1.54, 1.807) is 4.90 Å². The van der Waals surface area contributed by atoms with Crippen molar-refractivity contribution in [2.24, 2.45) is 4.99 Å². The molecule has 3 heterocycles. The highest BCUT2D eigenvalue weighted by atomic mass is 16.3. The van der Waals surface area contributed by atoms with E-state index in [9.17, 15) is 19.5 Å². The van der Waals surface area contributed by atoms with Gasteiger partial charge in [-0.2, -0.15) is 0 Å². The Bertz CT molecular complexity index is 1390. The van der Waals surface area contributed by atoms with Gasteiger partial charge in [0.25, 0.3) is 5.91 Å². The summed E-state index contributed by atoms with van der Waals surface area (Å²) in [6, 6.07) is 12.5. The van der Waals surface area contributed by atoms with Gasteiger partial charge in [0.05, 0.1) is 6.54 Å². The predicted molar refractivity (Wildman–Crippen MR) is 148 cm³/mol. The summed E-state index contributed by atoms with van der Waals surface area (Å²) in [6.07, 6.45) is 4.05. The van der Waals surface area contributed by atoms with E-state index in [0.29, 0.717) is 24.2 Å². The topological polar surface area (TPSA) is 127 Å². The number of amides is 3. The van der Waals surface area contributed by atoms with Crippen molar-refractivity contribution in [3.8, 4) is 5.75 Å². The zero-order valence-electron chi connectivity index (χ0n) is 22.0. The monoisotopic (exact) mass is 531 g/mol. The molecule has 0 radical (unpaired) electrons. The first-order chi connectivity index (χ1) is 18.9. The van der Waals surface area contributed by atoms with Crippen LogP contribution in [0.25, 0.3) is 11.0 Å². The first-order valence-corrected chi connectivity index (χ1v) is 13.4. The number of benzene rings is 2. The Morgan fingerprint density at radius 1 is 1.03 bits per heavy atom. The highest BCUT2D eigenvalue weighted by Gasteiger charge is 2.30. The first-order valence-electron chi connectivity index (χ1n) is 13.4. The highest BCUT2D eigenvalue weighted by molar-refractivity contribution is 6.11. The lowest BCUT2D eigenvalue weighted by Gasteiger charge is -2.25. The van der Waals surface area contributed by atoms with Gasteiger partial charge in [0.15, 0.2) is 0 Å². The minimum Gasteiger partial charge on any atom is -0.508 e. The Kier molecular flexibility index (Phi) is 7.81. The number of fused-ring (bicyclic) bond motifs is 1. The lowest BCUT2D eigenvalue weighted by Crippen LogP contribution is -2.45. The molecule has 5 rings (SSSR count). The molecule has 10 nitrogen and oxygen atoms in total. The predicted octanol–water partition coefficient (Wildman–Crippen LogP) is 3.65. The lowest BCUT2D eigenvalue weighted by atomic mass is 10.1. The Morgan fingerprint density at radius 2 is 1.77 bits per heavy atom. The molecular formula is C29H33N5O5. The number of aliphatic imine (C=N–C) groups is 1. The average molecular weight is 532 g/mol. The number of anilines is 1. The molecule has 39 heavy (non-hydrogen) atoms. The van der Waals surface area contributed by atoms with Gasteiger partial charge in [0, 0.05) is 36.3 Å². The molecule has 0 spiro atoms. The molecule has 0 aliphatic carbocycles. The zero-order chi connectivity index (χ0) is 27.4. The lowest BCUT2D eigenvalue weighted by molar-refractivity contribution is -0.140. The Hall–Kier alpha value is -4.34. The molecule has 2 aliphatic heterocycles. The molecule has 0 bridgehead atoms. The van der Waals surface area contributed by atoms with Crippen LogP contribution in [0.2, 0.25) is 0 Å². The fraction of sp³-hybridized carbons (Fsp3) is 0.379. The van der Waals surface area contributed by atoms with Gasteiger partial charge in [-0.15, -0.1) is 0 Å². The maximum atomic E-state index is 13.5. The molecule has 2 saturated heterocycles. The number of furan rings is 1. The van der Waals surface area contributed by atoms with Crippen molar-refractivity contribution in [1.82, 2.24) is 15.1 Å². The largest absolute Gasteiger partial charge is 0.508 e. The number of nitrogens with zero attached hydrogens (tertiary/aromatic N) is 3. The SMILES string of the molecule is Cc1cc2cc(NC(=NC3CCCCN(CC(=O)N4CCCC4)C3=O)NC(=O)c3ccc(O)cc3)ccc2o1. The van der Waals surface area contributed by atoms with Gasteiger partial charge >= 0.3 is 0 Å². The Balaban J connectivity index is 1.39. The zero-order valence-corrected chi connectivity index (χ0v) is 22.0. The summed E-state index contributed by atoms with van der Waals surface area (Å²) < 4.78 is 5.66. The van der Waals surface area contributed by atoms with Crippen LogP contribution in [-0.2, 0) is 9.59 Å². The number of hydrogen-bond donors (Lipinski definition) is 3. The molecule has 1 atom stereocenters. The van der Waals surface area contributed by atoms with E-state index in [0.717, 1.165) is 55.5 Å². The van der Waals surface area contributed by atoms with Crippen LogP contribution in [-0.4, -0.2) is 70.8 Å². The summed E-state index contributed by atoms with van der Waals surface area (Å²) in [4.78, 5) is 47.4. The number of guanidine groups is 1. The van der Waals surface area contributed by atoms with Crippen molar-refractivity contribution in [3.63, 3.8) is 0 Å². The number of aryl methyl sites for hydroxylation is 1. The van der Waals surface area contributed by atoms with E-state index in [4.69, 9.17) is 4.42 Å². The number of rotatable bonds is 5. The summed E-state index contributed by atoms with van der Waals surface area (Å²) in [5.74, 6) is 0.258. The van der Waals surface area contributed by atoms with Crippen molar-refractivity contribution >= 4 is 40.3 Å². The van der Waals surface area contributed by atoms with Crippen LogP contribution < -0.4 is 10.6 Å². The maximum absolute atomic E-state index is 13.5. The van der Waals surface area contributed by atoms with Crippen molar-refractivity contribution < 1.29 is 23.9 Å². The van der Waals surface area contributed by atoms with Crippen LogP contribution >= 0.6 is 0 Å². The van der Waals surface area contributed by atoms with E-state index in [1.807, 2.05) is 36.1 Å². The summed E-state index contributed by atoms with van der Waals surface area (Å²) in [6.45, 7) is 3.89. The van der Waals surface area contributed by atoms with Crippen LogP contribution in [0.1, 0.15) is 48.2 Å². The second-order valence-electron chi connectivity index (χ2n) is 10.1. The van der Waals surface area contributed by atoms with Gasteiger partial charge in [0.2, 0.25) is 17.8 Å². The number of likely N-dealkylation sites (tertiary alicyclic amines) is 2. The third-order valence-corrected chi connectivity index (χ3v) is 7.09. The normalized spacial score (nSPS) is 18.3. The minimum absolute atomic E-state index is 0.0341. The standard InChI is InChI=1S/C29H33N5O5/c1-19-16-21-17-22(9-12-25(21)39-19)30-29(32-27(37)20-7-10-23(35)11-8-20)31-24-6-2-3-15-34(28(24)38)18-26(36)33-13-4-5-14-33/h7-12,16-17,24,35H,2-6,13-15,18H2,1H3,(H2,30,31,32,37). The molecule has 3 amide bonds. The van der Waals surface area contributed by atoms with Gasteiger partial charge in [-0.05, 0) is 87.6 Å². The van der Waals surface area contributed by atoms with E-state index >= 15 is 0 Å². The minimum atomic E-state index is -0.749. The van der Waals surface area contributed by atoms with Crippen LogP contribution in [0.3, 0.4) is 0 Å². The van der Waals surface area contributed by atoms with E-state index in [1.165, 1.54) is 24.3 Å². The Labute approximate surface area is 226 Å². The number of nitrogens with one attached hydrogen (secondary N) is 2. The molecule has 2 aliphatic rings. The van der Waals surface area contributed by atoms with Gasteiger partial charge in [-0.3, -0.25) is 19.7 Å². The molecule has 204 valence electrons. The third kappa shape index (κ3) is 6.39. The van der Waals surface area contributed by atoms with Crippen LogP contribution in [0.15, 0.2) is 57.9 Å². The van der Waals surface area contributed by atoms with Gasteiger partial charge in [0.1, 0.15) is 23.1 Å². The smallest absolute Gasteiger partial charge is 0.257 e.